The van der Waals surface area contributed by atoms with E-state index in [4.69, 9.17) is 21.1 Å². The maximum atomic E-state index is 11.8. The van der Waals surface area contributed by atoms with Crippen LogP contribution in [0.25, 0.3) is 0 Å². The van der Waals surface area contributed by atoms with Gasteiger partial charge in [-0.05, 0) is 55.0 Å². The van der Waals surface area contributed by atoms with Crippen molar-refractivity contribution in [2.45, 2.75) is 12.8 Å². The van der Waals surface area contributed by atoms with Gasteiger partial charge in [0, 0.05) is 23.7 Å². The second kappa shape index (κ2) is 7.36. The van der Waals surface area contributed by atoms with Crippen LogP contribution in [0.3, 0.4) is 0 Å². The summed E-state index contributed by atoms with van der Waals surface area (Å²) in [7, 11) is 0. The Morgan fingerprint density at radius 2 is 1.71 bits per heavy atom. The fourth-order valence-electron chi connectivity index (χ4n) is 2.45. The molecular weight excluding hydrogens is 330 g/mol. The van der Waals surface area contributed by atoms with Crippen LogP contribution in [0.4, 0.5) is 5.69 Å². The topological polar surface area (TPSA) is 55.8 Å². The van der Waals surface area contributed by atoms with Crippen molar-refractivity contribution in [3.05, 3.63) is 53.6 Å². The average molecular weight is 346 g/mol. The number of hydrogen-bond donors (Lipinski definition) is 0. The Morgan fingerprint density at radius 3 is 2.33 bits per heavy atom. The van der Waals surface area contributed by atoms with Crippen LogP contribution >= 0.6 is 11.6 Å². The van der Waals surface area contributed by atoms with Gasteiger partial charge < -0.3 is 14.4 Å². The molecule has 1 saturated heterocycles. The summed E-state index contributed by atoms with van der Waals surface area (Å²) in [6.07, 6.45) is 1.45. The van der Waals surface area contributed by atoms with Crippen molar-refractivity contribution in [1.29, 1.82) is 0 Å². The van der Waals surface area contributed by atoms with Crippen LogP contribution in [0.15, 0.2) is 48.5 Å². The fourth-order valence-corrected chi connectivity index (χ4v) is 2.58. The van der Waals surface area contributed by atoms with E-state index in [1.807, 2.05) is 0 Å². The largest absolute Gasteiger partial charge is 0.482 e. The molecule has 24 heavy (non-hydrogen) atoms. The van der Waals surface area contributed by atoms with Crippen molar-refractivity contribution in [2.75, 3.05) is 18.1 Å². The molecule has 0 spiro atoms. The number of hydrogen-bond acceptors (Lipinski definition) is 4. The van der Waals surface area contributed by atoms with Gasteiger partial charge in [-0.1, -0.05) is 11.6 Å². The lowest BCUT2D eigenvalue weighted by atomic mass is 10.3. The number of anilines is 1. The monoisotopic (exact) mass is 345 g/mol. The number of halogens is 1. The van der Waals surface area contributed by atoms with E-state index in [1.165, 1.54) is 0 Å². The number of benzene rings is 2. The molecule has 0 saturated carbocycles. The summed E-state index contributed by atoms with van der Waals surface area (Å²) >= 11 is 5.78. The van der Waals surface area contributed by atoms with Crippen molar-refractivity contribution in [3.63, 3.8) is 0 Å². The number of ether oxygens (including phenoxy) is 2. The molecule has 0 aromatic heterocycles. The highest BCUT2D eigenvalue weighted by atomic mass is 35.5. The molecule has 0 atom stereocenters. The first-order valence-corrected chi connectivity index (χ1v) is 7.99. The Kier molecular flexibility index (Phi) is 5.01. The lowest BCUT2D eigenvalue weighted by Gasteiger charge is -2.15. The summed E-state index contributed by atoms with van der Waals surface area (Å²) < 4.78 is 10.5. The van der Waals surface area contributed by atoms with Gasteiger partial charge in [-0.25, -0.2) is 4.79 Å². The van der Waals surface area contributed by atoms with E-state index in [0.717, 1.165) is 18.7 Å². The molecule has 1 heterocycles. The quantitative estimate of drug-likeness (QED) is 0.615. The first-order chi connectivity index (χ1) is 11.6. The van der Waals surface area contributed by atoms with E-state index < -0.39 is 5.97 Å². The van der Waals surface area contributed by atoms with Gasteiger partial charge in [0.1, 0.15) is 11.5 Å². The second-order valence-corrected chi connectivity index (χ2v) is 5.80. The lowest BCUT2D eigenvalue weighted by molar-refractivity contribution is -0.136. The van der Waals surface area contributed by atoms with Crippen molar-refractivity contribution >= 4 is 29.2 Å². The number of amides is 1. The average Bonchev–Trinajstić information content (AvgIpc) is 3.01. The lowest BCUT2D eigenvalue weighted by Crippen LogP contribution is -2.23. The van der Waals surface area contributed by atoms with E-state index in [1.54, 1.807) is 53.4 Å². The molecule has 3 rings (SSSR count). The van der Waals surface area contributed by atoms with Crippen LogP contribution in [0.1, 0.15) is 12.8 Å². The van der Waals surface area contributed by atoms with Crippen LogP contribution in [-0.2, 0) is 9.59 Å². The summed E-state index contributed by atoms with van der Waals surface area (Å²) in [6, 6.07) is 13.6. The van der Waals surface area contributed by atoms with E-state index in [0.29, 0.717) is 22.9 Å². The Balaban J connectivity index is 1.52. The first-order valence-electron chi connectivity index (χ1n) is 7.61. The standard InChI is InChI=1S/C18H16ClNO4/c19-13-3-7-15(8-4-13)23-12-18(22)24-16-9-5-14(6-10-16)20-11-1-2-17(20)21/h3-10H,1-2,11-12H2. The van der Waals surface area contributed by atoms with Crippen LogP contribution < -0.4 is 14.4 Å². The smallest absolute Gasteiger partial charge is 0.349 e. The number of rotatable bonds is 5. The molecule has 2 aromatic rings. The number of esters is 1. The molecule has 0 bridgehead atoms. The fraction of sp³-hybridized carbons (Fsp3) is 0.222. The molecule has 2 aromatic carbocycles. The van der Waals surface area contributed by atoms with Gasteiger partial charge in [-0.15, -0.1) is 0 Å². The maximum Gasteiger partial charge on any atom is 0.349 e. The summed E-state index contributed by atoms with van der Waals surface area (Å²) in [6.45, 7) is 0.529. The molecule has 1 amide bonds. The summed E-state index contributed by atoms with van der Waals surface area (Å²) in [5, 5.41) is 0.599. The zero-order valence-electron chi connectivity index (χ0n) is 12.9. The molecule has 0 N–H and O–H groups in total. The van der Waals surface area contributed by atoms with Crippen LogP contribution in [-0.4, -0.2) is 25.0 Å². The third-order valence-electron chi connectivity index (χ3n) is 3.62. The molecule has 6 heteroatoms. The van der Waals surface area contributed by atoms with Crippen molar-refractivity contribution in [1.82, 2.24) is 0 Å². The third kappa shape index (κ3) is 4.06. The Morgan fingerprint density at radius 1 is 1.04 bits per heavy atom. The highest BCUT2D eigenvalue weighted by Gasteiger charge is 2.21. The Hall–Kier alpha value is -2.53. The van der Waals surface area contributed by atoms with Gasteiger partial charge in [-0.3, -0.25) is 4.79 Å². The van der Waals surface area contributed by atoms with Crippen molar-refractivity contribution < 1.29 is 19.1 Å². The highest BCUT2D eigenvalue weighted by Crippen LogP contribution is 2.24. The summed E-state index contributed by atoms with van der Waals surface area (Å²) in [5.41, 5.74) is 0.815. The summed E-state index contributed by atoms with van der Waals surface area (Å²) in [4.78, 5) is 25.2. The molecule has 0 unspecified atom stereocenters. The molecule has 0 aliphatic carbocycles. The highest BCUT2D eigenvalue weighted by molar-refractivity contribution is 6.30. The van der Waals surface area contributed by atoms with Crippen molar-refractivity contribution in [2.24, 2.45) is 0 Å². The predicted molar refractivity (Wildman–Crippen MR) is 90.6 cm³/mol. The number of carbonyl (C=O) groups is 2. The molecule has 1 fully saturated rings. The molecule has 1 aliphatic heterocycles. The van der Waals surface area contributed by atoms with Gasteiger partial charge in [0.2, 0.25) is 5.91 Å². The van der Waals surface area contributed by atoms with Gasteiger partial charge in [0.25, 0.3) is 0 Å². The van der Waals surface area contributed by atoms with Gasteiger partial charge >= 0.3 is 5.97 Å². The second-order valence-electron chi connectivity index (χ2n) is 5.36. The maximum absolute atomic E-state index is 11.8. The molecule has 124 valence electrons. The van der Waals surface area contributed by atoms with Gasteiger partial charge in [0.15, 0.2) is 6.61 Å². The molecular formula is C18H16ClNO4. The molecule has 0 radical (unpaired) electrons. The SMILES string of the molecule is O=C(COc1ccc(Cl)cc1)Oc1ccc(N2CCCC2=O)cc1. The normalized spacial score (nSPS) is 13.9. The zero-order chi connectivity index (χ0) is 16.9. The molecule has 1 aliphatic rings. The van der Waals surface area contributed by atoms with Crippen molar-refractivity contribution in [3.8, 4) is 11.5 Å². The van der Waals surface area contributed by atoms with E-state index in [9.17, 15) is 9.59 Å². The third-order valence-corrected chi connectivity index (χ3v) is 3.88. The van der Waals surface area contributed by atoms with Crippen LogP contribution in [0.2, 0.25) is 5.02 Å². The first kappa shape index (κ1) is 16.3. The van der Waals surface area contributed by atoms with Crippen LogP contribution in [0, 0.1) is 0 Å². The van der Waals surface area contributed by atoms with E-state index in [-0.39, 0.29) is 12.5 Å². The van der Waals surface area contributed by atoms with Crippen LogP contribution in [0.5, 0.6) is 11.5 Å². The minimum Gasteiger partial charge on any atom is -0.482 e. The molecule has 5 nitrogen and oxygen atoms in total. The van der Waals surface area contributed by atoms with Gasteiger partial charge in [-0.2, -0.15) is 0 Å². The zero-order valence-corrected chi connectivity index (χ0v) is 13.7. The minimum atomic E-state index is -0.505. The minimum absolute atomic E-state index is 0.121. The van der Waals surface area contributed by atoms with E-state index >= 15 is 0 Å². The Labute approximate surface area is 144 Å². The number of nitrogens with zero attached hydrogens (tertiary/aromatic N) is 1. The number of carbonyl (C=O) groups excluding carboxylic acids is 2. The summed E-state index contributed by atoms with van der Waals surface area (Å²) in [5.74, 6) is 0.570. The predicted octanol–water partition coefficient (Wildman–Crippen LogP) is 3.45. The van der Waals surface area contributed by atoms with E-state index in [2.05, 4.69) is 0 Å². The Bertz CT molecular complexity index is 728. The van der Waals surface area contributed by atoms with Gasteiger partial charge in [0.05, 0.1) is 0 Å².